The van der Waals surface area contributed by atoms with E-state index in [1.54, 1.807) is 24.5 Å². The number of hydrogen-bond donors (Lipinski definition) is 1. The molecule has 1 N–H and O–H groups in total. The van der Waals surface area contributed by atoms with Crippen LogP contribution in [0.25, 0.3) is 5.57 Å². The number of rotatable bonds is 14. The molecular weight excluding hydrogens is 638 g/mol. The van der Waals surface area contributed by atoms with Crippen LogP contribution in [-0.4, -0.2) is 50.9 Å². The Morgan fingerprint density at radius 1 is 0.804 bits per heavy atom. The fourth-order valence-electron chi connectivity index (χ4n) is 8.33. The molecule has 3 heterocycles. The van der Waals surface area contributed by atoms with Crippen LogP contribution in [0.15, 0.2) is 127 Å². The maximum absolute atomic E-state index is 14.5. The van der Waals surface area contributed by atoms with E-state index in [1.165, 1.54) is 4.90 Å². The van der Waals surface area contributed by atoms with Crippen molar-refractivity contribution in [2.24, 2.45) is 23.7 Å². The fraction of sp³-hybridized carbons (Fsp3) is 0.326. The molecule has 5 atom stereocenters. The van der Waals surface area contributed by atoms with Gasteiger partial charge in [-0.1, -0.05) is 111 Å². The molecule has 260 valence electrons. The van der Waals surface area contributed by atoms with Crippen molar-refractivity contribution < 1.29 is 24.2 Å². The minimum absolute atomic E-state index is 0.00492. The zero-order valence-corrected chi connectivity index (χ0v) is 28.9. The van der Waals surface area contributed by atoms with Gasteiger partial charge in [-0.3, -0.25) is 29.3 Å². The summed E-state index contributed by atoms with van der Waals surface area (Å²) in [5.74, 6) is -3.45. The van der Waals surface area contributed by atoms with E-state index < -0.39 is 29.3 Å². The number of aliphatic hydroxyl groups is 1. The Kier molecular flexibility index (Phi) is 10.0. The Morgan fingerprint density at radius 2 is 1.47 bits per heavy atom. The number of nitrogens with zero attached hydrogens (tertiary/aromatic N) is 3. The second kappa shape index (κ2) is 15.0. The Labute approximate surface area is 298 Å². The molecule has 2 fully saturated rings. The maximum atomic E-state index is 14.5. The van der Waals surface area contributed by atoms with Gasteiger partial charge in [-0.2, -0.15) is 0 Å². The van der Waals surface area contributed by atoms with Crippen LogP contribution in [-0.2, 0) is 24.7 Å². The number of carbonyl (C=O) groups is 3. The molecule has 8 nitrogen and oxygen atoms in total. The van der Waals surface area contributed by atoms with E-state index in [9.17, 15) is 19.5 Å². The number of amides is 2. The Morgan fingerprint density at radius 3 is 2.16 bits per heavy atom. The minimum atomic E-state index is -1.69. The molecule has 3 aliphatic rings. The van der Waals surface area contributed by atoms with Gasteiger partial charge in [-0.05, 0) is 53.0 Å². The first kappa shape index (κ1) is 34.2. The monoisotopic (exact) mass is 681 g/mol. The molecule has 4 aromatic rings. The molecule has 2 bridgehead atoms. The lowest BCUT2D eigenvalue weighted by Crippen LogP contribution is -2.39. The summed E-state index contributed by atoms with van der Waals surface area (Å²) < 4.78 is 5.50. The van der Waals surface area contributed by atoms with E-state index in [0.29, 0.717) is 23.3 Å². The van der Waals surface area contributed by atoms with E-state index in [1.807, 2.05) is 91.0 Å². The van der Waals surface area contributed by atoms with E-state index in [-0.39, 0.29) is 30.9 Å². The summed E-state index contributed by atoms with van der Waals surface area (Å²) in [6.45, 7) is 2.10. The molecular formula is C43H43N3O5. The molecule has 1 saturated carbocycles. The predicted octanol–water partition coefficient (Wildman–Crippen LogP) is 6.91. The number of allylic oxidation sites excluding steroid dienone is 2. The van der Waals surface area contributed by atoms with Crippen LogP contribution in [0.1, 0.15) is 68.0 Å². The average Bonchev–Trinajstić information content (AvgIpc) is 3.79. The molecule has 7 rings (SSSR count). The maximum Gasteiger partial charge on any atom is 0.305 e. The fourth-order valence-corrected chi connectivity index (χ4v) is 8.33. The van der Waals surface area contributed by atoms with Gasteiger partial charge < -0.3 is 9.84 Å². The molecule has 2 aromatic heterocycles. The third kappa shape index (κ3) is 6.33. The van der Waals surface area contributed by atoms with Crippen molar-refractivity contribution in [3.8, 4) is 0 Å². The van der Waals surface area contributed by atoms with Gasteiger partial charge in [0.15, 0.2) is 5.60 Å². The quantitative estimate of drug-likeness (QED) is 0.0667. The number of ether oxygens (including phenoxy) is 1. The number of pyridine rings is 2. The van der Waals surface area contributed by atoms with Crippen LogP contribution in [0.2, 0.25) is 0 Å². The molecule has 2 aliphatic carbocycles. The second-order valence-corrected chi connectivity index (χ2v) is 13.6. The molecule has 1 saturated heterocycles. The highest BCUT2D eigenvalue weighted by Crippen LogP contribution is 2.64. The number of likely N-dealkylation sites (tertiary alicyclic amines) is 1. The highest BCUT2D eigenvalue weighted by molar-refractivity contribution is 6.08. The van der Waals surface area contributed by atoms with Crippen molar-refractivity contribution in [3.05, 3.63) is 149 Å². The molecule has 2 amide bonds. The Hall–Kier alpha value is -5.21. The molecule has 0 spiro atoms. The lowest BCUT2D eigenvalue weighted by atomic mass is 9.71. The van der Waals surface area contributed by atoms with Gasteiger partial charge in [0.25, 0.3) is 0 Å². The van der Waals surface area contributed by atoms with Crippen molar-refractivity contribution in [2.75, 3.05) is 13.2 Å². The summed E-state index contributed by atoms with van der Waals surface area (Å²) >= 11 is 0. The summed E-state index contributed by atoms with van der Waals surface area (Å²) in [6.07, 6.45) is 10.8. The first-order chi connectivity index (χ1) is 24.9. The van der Waals surface area contributed by atoms with E-state index >= 15 is 0 Å². The van der Waals surface area contributed by atoms with Crippen molar-refractivity contribution in [1.29, 1.82) is 0 Å². The summed E-state index contributed by atoms with van der Waals surface area (Å²) in [7, 11) is 0. The molecule has 5 unspecified atom stereocenters. The summed E-state index contributed by atoms with van der Waals surface area (Å²) in [5.41, 5.74) is 3.36. The van der Waals surface area contributed by atoms with Gasteiger partial charge in [0.1, 0.15) is 6.61 Å². The molecule has 2 aromatic carbocycles. The first-order valence-corrected chi connectivity index (χ1v) is 18.1. The van der Waals surface area contributed by atoms with Crippen LogP contribution >= 0.6 is 0 Å². The number of esters is 1. The smallest absolute Gasteiger partial charge is 0.305 e. The number of imide groups is 1. The normalized spacial score (nSPS) is 22.8. The summed E-state index contributed by atoms with van der Waals surface area (Å²) in [5, 5.41) is 13.0. The summed E-state index contributed by atoms with van der Waals surface area (Å²) in [6, 6.07) is 30.4. The first-order valence-electron chi connectivity index (χ1n) is 18.1. The zero-order valence-electron chi connectivity index (χ0n) is 28.9. The van der Waals surface area contributed by atoms with Crippen molar-refractivity contribution in [2.45, 2.75) is 51.0 Å². The largest absolute Gasteiger partial charge is 0.464 e. The number of aromatic nitrogens is 2. The van der Waals surface area contributed by atoms with Crippen molar-refractivity contribution in [3.63, 3.8) is 0 Å². The molecule has 0 radical (unpaired) electrons. The SMILES string of the molecule is CCCCCCCC(=O)OCCN1C(=O)C2C3C=C(C(O)(c4ccccc4)c4ccccn4)C(C3=C(c3ccccc3)c3ccccn3)C2C1=O. The predicted molar refractivity (Wildman–Crippen MR) is 193 cm³/mol. The van der Waals surface area contributed by atoms with Crippen LogP contribution in [0.3, 0.4) is 0 Å². The topological polar surface area (TPSA) is 110 Å². The number of benzene rings is 2. The van der Waals surface area contributed by atoms with Gasteiger partial charge in [0.05, 0.1) is 29.8 Å². The van der Waals surface area contributed by atoms with Crippen LogP contribution < -0.4 is 0 Å². The van der Waals surface area contributed by atoms with Gasteiger partial charge in [0, 0.05) is 36.2 Å². The molecule has 1 aliphatic heterocycles. The Balaban J connectivity index is 1.29. The summed E-state index contributed by atoms with van der Waals surface area (Å²) in [4.78, 5) is 51.9. The highest BCUT2D eigenvalue weighted by atomic mass is 16.5. The number of carbonyl (C=O) groups excluding carboxylic acids is 3. The van der Waals surface area contributed by atoms with Crippen LogP contribution in [0.4, 0.5) is 0 Å². The minimum Gasteiger partial charge on any atom is -0.464 e. The molecule has 51 heavy (non-hydrogen) atoms. The van der Waals surface area contributed by atoms with Gasteiger partial charge in [-0.25, -0.2) is 0 Å². The third-order valence-electron chi connectivity index (χ3n) is 10.6. The van der Waals surface area contributed by atoms with Crippen LogP contribution in [0.5, 0.6) is 0 Å². The van der Waals surface area contributed by atoms with Gasteiger partial charge in [-0.15, -0.1) is 0 Å². The lowest BCUT2D eigenvalue weighted by molar-refractivity contribution is -0.148. The van der Waals surface area contributed by atoms with Crippen molar-refractivity contribution in [1.82, 2.24) is 14.9 Å². The standard InChI is InChI=1S/C43H43N3O5/c1-2-3-4-5-12-23-35(47)51-27-26-46-41(48)38-31-28-32(43(50,30-19-10-7-11-20-30)34-22-14-16-25-45-34)39(40(38)42(46)49)37(31)36(29-17-8-6-9-18-29)33-21-13-15-24-44-33/h6-11,13-22,24-25,28,31,38-40,50H,2-5,12,23,26-27H2,1H3. The lowest BCUT2D eigenvalue weighted by Gasteiger charge is -2.36. The second-order valence-electron chi connectivity index (χ2n) is 13.6. The zero-order chi connectivity index (χ0) is 35.4. The number of hydrogen-bond acceptors (Lipinski definition) is 7. The van der Waals surface area contributed by atoms with E-state index in [4.69, 9.17) is 9.72 Å². The number of fused-ring (bicyclic) bond motifs is 5. The Bertz CT molecular complexity index is 1850. The number of unbranched alkanes of at least 4 members (excludes halogenated alkanes) is 4. The molecule has 8 heteroatoms. The van der Waals surface area contributed by atoms with Gasteiger partial charge in [0.2, 0.25) is 11.8 Å². The van der Waals surface area contributed by atoms with Crippen LogP contribution in [0, 0.1) is 23.7 Å². The average molecular weight is 682 g/mol. The third-order valence-corrected chi connectivity index (χ3v) is 10.6. The van der Waals surface area contributed by atoms with Gasteiger partial charge >= 0.3 is 5.97 Å². The van der Waals surface area contributed by atoms with Crippen molar-refractivity contribution >= 4 is 23.4 Å². The van der Waals surface area contributed by atoms with E-state index in [2.05, 4.69) is 11.9 Å². The highest BCUT2D eigenvalue weighted by Gasteiger charge is 2.66. The van der Waals surface area contributed by atoms with E-state index in [0.717, 1.165) is 54.5 Å².